The van der Waals surface area contributed by atoms with Crippen LogP contribution in [0.25, 0.3) is 0 Å². The van der Waals surface area contributed by atoms with Crippen molar-refractivity contribution in [2.45, 2.75) is 64.7 Å². The molecular formula is C18H29N. The lowest BCUT2D eigenvalue weighted by Crippen LogP contribution is -2.12. The first-order valence-electron chi connectivity index (χ1n) is 8.13. The minimum atomic E-state index is 0.677. The first kappa shape index (κ1) is 14.4. The second-order valence-corrected chi connectivity index (χ2v) is 6.15. The molecule has 1 aliphatic carbocycles. The van der Waals surface area contributed by atoms with E-state index in [1.165, 1.54) is 56.2 Å². The van der Waals surface area contributed by atoms with Crippen molar-refractivity contribution >= 4 is 5.69 Å². The van der Waals surface area contributed by atoms with E-state index >= 15 is 0 Å². The summed E-state index contributed by atoms with van der Waals surface area (Å²) in [6.07, 6.45) is 9.83. The molecule has 106 valence electrons. The first-order valence-corrected chi connectivity index (χ1v) is 8.13. The van der Waals surface area contributed by atoms with Gasteiger partial charge in [-0.1, -0.05) is 58.1 Å². The van der Waals surface area contributed by atoms with E-state index in [0.717, 1.165) is 12.5 Å². The topological polar surface area (TPSA) is 12.0 Å². The lowest BCUT2D eigenvalue weighted by molar-refractivity contribution is 0.345. The van der Waals surface area contributed by atoms with Crippen molar-refractivity contribution in [1.29, 1.82) is 0 Å². The van der Waals surface area contributed by atoms with Crippen molar-refractivity contribution in [3.63, 3.8) is 0 Å². The van der Waals surface area contributed by atoms with Crippen LogP contribution in [0, 0.1) is 5.92 Å². The van der Waals surface area contributed by atoms with Crippen LogP contribution in [0.2, 0.25) is 0 Å². The average Bonchev–Trinajstić information content (AvgIpc) is 2.48. The fourth-order valence-corrected chi connectivity index (χ4v) is 3.06. The third-order valence-electron chi connectivity index (χ3n) is 4.70. The summed E-state index contributed by atoms with van der Waals surface area (Å²) in [7, 11) is 0. The fraction of sp³-hybridized carbons (Fsp3) is 0.667. The molecule has 0 spiro atoms. The largest absolute Gasteiger partial charge is 0.385 e. The minimum Gasteiger partial charge on any atom is -0.385 e. The van der Waals surface area contributed by atoms with Crippen molar-refractivity contribution in [2.75, 3.05) is 11.9 Å². The third-order valence-corrected chi connectivity index (χ3v) is 4.70. The molecule has 1 unspecified atom stereocenters. The Morgan fingerprint density at radius 1 is 1.11 bits per heavy atom. The van der Waals surface area contributed by atoms with E-state index in [1.54, 1.807) is 0 Å². The summed E-state index contributed by atoms with van der Waals surface area (Å²) in [6.45, 7) is 5.68. The maximum absolute atomic E-state index is 3.58. The number of benzene rings is 1. The highest BCUT2D eigenvalue weighted by atomic mass is 14.9. The van der Waals surface area contributed by atoms with Crippen LogP contribution in [-0.2, 0) is 0 Å². The molecule has 1 atom stereocenters. The zero-order chi connectivity index (χ0) is 13.5. The molecule has 1 aromatic carbocycles. The van der Waals surface area contributed by atoms with Gasteiger partial charge in [-0.25, -0.2) is 0 Å². The number of hydrogen-bond acceptors (Lipinski definition) is 1. The molecule has 0 aromatic heterocycles. The molecule has 1 fully saturated rings. The van der Waals surface area contributed by atoms with E-state index in [2.05, 4.69) is 43.4 Å². The normalized spacial score (nSPS) is 18.2. The van der Waals surface area contributed by atoms with E-state index in [1.807, 2.05) is 0 Å². The number of anilines is 1. The Kier molecular flexibility index (Phi) is 5.75. The lowest BCUT2D eigenvalue weighted by Gasteiger charge is -2.21. The van der Waals surface area contributed by atoms with Gasteiger partial charge < -0.3 is 5.32 Å². The van der Waals surface area contributed by atoms with Gasteiger partial charge in [-0.3, -0.25) is 0 Å². The maximum Gasteiger partial charge on any atom is 0.0340 e. The monoisotopic (exact) mass is 259 g/mol. The van der Waals surface area contributed by atoms with Crippen LogP contribution in [0.3, 0.4) is 0 Å². The summed E-state index contributed by atoms with van der Waals surface area (Å²) in [5, 5.41) is 3.58. The molecule has 0 bridgehead atoms. The van der Waals surface area contributed by atoms with Gasteiger partial charge in [0.15, 0.2) is 0 Å². The second-order valence-electron chi connectivity index (χ2n) is 6.15. The maximum atomic E-state index is 3.58. The van der Waals surface area contributed by atoms with Crippen LogP contribution in [-0.4, -0.2) is 6.54 Å². The van der Waals surface area contributed by atoms with Crippen LogP contribution in [0.4, 0.5) is 5.69 Å². The van der Waals surface area contributed by atoms with Crippen LogP contribution in [0.15, 0.2) is 24.3 Å². The lowest BCUT2D eigenvalue weighted by atomic mass is 9.87. The predicted molar refractivity (Wildman–Crippen MR) is 84.8 cm³/mol. The summed E-state index contributed by atoms with van der Waals surface area (Å²) >= 11 is 0. The Bertz CT molecular complexity index is 348. The Hall–Kier alpha value is -0.980. The number of nitrogens with one attached hydrogen (secondary N) is 1. The Balaban J connectivity index is 1.73. The molecule has 1 N–H and O–H groups in total. The number of rotatable bonds is 6. The molecular weight excluding hydrogens is 230 g/mol. The predicted octanol–water partition coefficient (Wildman–Crippen LogP) is 5.58. The molecule has 0 heterocycles. The average molecular weight is 259 g/mol. The third kappa shape index (κ3) is 4.56. The molecule has 0 amide bonds. The summed E-state index contributed by atoms with van der Waals surface area (Å²) < 4.78 is 0. The van der Waals surface area contributed by atoms with E-state index in [-0.39, 0.29) is 0 Å². The quantitative estimate of drug-likeness (QED) is 0.703. The molecule has 1 saturated carbocycles. The molecule has 2 rings (SSSR count). The van der Waals surface area contributed by atoms with Gasteiger partial charge >= 0.3 is 0 Å². The summed E-state index contributed by atoms with van der Waals surface area (Å²) in [4.78, 5) is 0. The summed E-state index contributed by atoms with van der Waals surface area (Å²) in [5.41, 5.74) is 2.74. The second kappa shape index (κ2) is 7.57. The van der Waals surface area contributed by atoms with Crippen molar-refractivity contribution in [3.8, 4) is 0 Å². The van der Waals surface area contributed by atoms with E-state index in [4.69, 9.17) is 0 Å². The van der Waals surface area contributed by atoms with Crippen molar-refractivity contribution < 1.29 is 0 Å². The van der Waals surface area contributed by atoms with Gasteiger partial charge in [0.05, 0.1) is 0 Å². The Labute approximate surface area is 118 Å². The molecule has 0 radical (unpaired) electrons. The van der Waals surface area contributed by atoms with E-state index in [9.17, 15) is 0 Å². The van der Waals surface area contributed by atoms with Gasteiger partial charge in [-0.05, 0) is 42.4 Å². The zero-order valence-corrected chi connectivity index (χ0v) is 12.6. The van der Waals surface area contributed by atoms with Crippen LogP contribution < -0.4 is 5.32 Å². The smallest absolute Gasteiger partial charge is 0.0340 e. The Morgan fingerprint density at radius 3 is 2.42 bits per heavy atom. The number of hydrogen-bond donors (Lipinski definition) is 1. The molecule has 19 heavy (non-hydrogen) atoms. The highest BCUT2D eigenvalue weighted by molar-refractivity contribution is 5.45. The van der Waals surface area contributed by atoms with Crippen LogP contribution in [0.1, 0.15) is 70.3 Å². The SMILES string of the molecule is CCC(C)c1ccc(NCCC2CCCCC2)cc1. The first-order chi connectivity index (χ1) is 9.29. The van der Waals surface area contributed by atoms with Gasteiger partial charge in [0.1, 0.15) is 0 Å². The summed E-state index contributed by atoms with van der Waals surface area (Å²) in [6, 6.07) is 9.03. The van der Waals surface area contributed by atoms with Crippen molar-refractivity contribution in [2.24, 2.45) is 5.92 Å². The molecule has 0 aliphatic heterocycles. The van der Waals surface area contributed by atoms with Crippen LogP contribution in [0.5, 0.6) is 0 Å². The molecule has 1 aliphatic rings. The Morgan fingerprint density at radius 2 is 1.79 bits per heavy atom. The standard InChI is InChI=1S/C18H29N/c1-3-15(2)17-9-11-18(12-10-17)19-14-13-16-7-5-4-6-8-16/h9-12,15-16,19H,3-8,13-14H2,1-2H3. The van der Waals surface area contributed by atoms with Gasteiger partial charge in [0.25, 0.3) is 0 Å². The van der Waals surface area contributed by atoms with Crippen molar-refractivity contribution in [3.05, 3.63) is 29.8 Å². The highest BCUT2D eigenvalue weighted by Crippen LogP contribution is 2.26. The van der Waals surface area contributed by atoms with E-state index in [0.29, 0.717) is 5.92 Å². The van der Waals surface area contributed by atoms with Gasteiger partial charge in [-0.2, -0.15) is 0 Å². The van der Waals surface area contributed by atoms with Gasteiger partial charge in [-0.15, -0.1) is 0 Å². The van der Waals surface area contributed by atoms with Gasteiger partial charge in [0, 0.05) is 12.2 Å². The molecule has 1 nitrogen and oxygen atoms in total. The van der Waals surface area contributed by atoms with E-state index < -0.39 is 0 Å². The molecule has 0 saturated heterocycles. The van der Waals surface area contributed by atoms with Crippen molar-refractivity contribution in [1.82, 2.24) is 0 Å². The minimum absolute atomic E-state index is 0.677. The zero-order valence-electron chi connectivity index (χ0n) is 12.6. The van der Waals surface area contributed by atoms with Gasteiger partial charge in [0.2, 0.25) is 0 Å². The van der Waals surface area contributed by atoms with Crippen LogP contribution >= 0.6 is 0 Å². The highest BCUT2D eigenvalue weighted by Gasteiger charge is 2.12. The summed E-state index contributed by atoms with van der Waals surface area (Å²) in [5.74, 6) is 1.65. The fourth-order valence-electron chi connectivity index (χ4n) is 3.06. The molecule has 1 heteroatoms. The molecule has 1 aromatic rings.